The van der Waals surface area contributed by atoms with Crippen LogP contribution in [-0.4, -0.2) is 69.6 Å². The van der Waals surface area contributed by atoms with E-state index in [9.17, 15) is 22.4 Å². The lowest BCUT2D eigenvalue weighted by atomic mass is 10.2. The number of benzene rings is 2. The topological polar surface area (TPSA) is 98.8 Å². The Morgan fingerprint density at radius 2 is 1.56 bits per heavy atom. The molecule has 8 nitrogen and oxygen atoms in total. The van der Waals surface area contributed by atoms with E-state index in [1.165, 1.54) is 10.4 Å². The molecule has 0 aromatic heterocycles. The minimum absolute atomic E-state index is 0.0939. The molecular formula is C22H27FN4O4S. The Kier molecular flexibility index (Phi) is 8.18. The Morgan fingerprint density at radius 1 is 0.906 bits per heavy atom. The molecule has 0 unspecified atom stereocenters. The molecular weight excluding hydrogens is 435 g/mol. The number of carbonyl (C=O) groups excluding carboxylic acids is 2. The number of piperazine rings is 1. The highest BCUT2D eigenvalue weighted by atomic mass is 32.2. The van der Waals surface area contributed by atoms with Crippen molar-refractivity contribution >= 4 is 27.5 Å². The van der Waals surface area contributed by atoms with E-state index in [2.05, 4.69) is 10.6 Å². The van der Waals surface area contributed by atoms with Gasteiger partial charge in [0, 0.05) is 38.3 Å². The Hall–Kier alpha value is -2.98. The van der Waals surface area contributed by atoms with Crippen LogP contribution in [0.3, 0.4) is 0 Å². The highest BCUT2D eigenvalue weighted by molar-refractivity contribution is 7.89. The molecule has 3 rings (SSSR count). The van der Waals surface area contributed by atoms with Crippen molar-refractivity contribution in [1.29, 1.82) is 0 Å². The van der Waals surface area contributed by atoms with Crippen molar-refractivity contribution in [2.75, 3.05) is 49.9 Å². The third kappa shape index (κ3) is 6.51. The van der Waals surface area contributed by atoms with E-state index in [0.29, 0.717) is 24.3 Å². The maximum absolute atomic E-state index is 13.9. The molecule has 0 spiro atoms. The second kappa shape index (κ2) is 11.1. The molecule has 10 heteroatoms. The van der Waals surface area contributed by atoms with Crippen molar-refractivity contribution in [2.24, 2.45) is 0 Å². The van der Waals surface area contributed by atoms with Gasteiger partial charge in [-0.05, 0) is 30.7 Å². The molecule has 0 radical (unpaired) electrons. The third-order valence-electron chi connectivity index (χ3n) is 5.17. The number of anilines is 1. The summed E-state index contributed by atoms with van der Waals surface area (Å²) in [6, 6.07) is 15.0. The van der Waals surface area contributed by atoms with E-state index < -0.39 is 10.0 Å². The molecule has 172 valence electrons. The number of hydrogen-bond acceptors (Lipinski definition) is 5. The van der Waals surface area contributed by atoms with Crippen molar-refractivity contribution < 1.29 is 22.4 Å². The van der Waals surface area contributed by atoms with Crippen LogP contribution >= 0.6 is 0 Å². The standard InChI is InChI=1S/C22H27FN4O4S/c23-19-9-4-5-10-20(19)26-12-14-27(15-13-26)32(30,31)16-6-11-24-21(28)17-25-22(29)18-7-2-1-3-8-18/h1-5,7-10H,6,11-17H2,(H,24,28)(H,25,29). The average Bonchev–Trinajstić information content (AvgIpc) is 2.81. The molecule has 32 heavy (non-hydrogen) atoms. The zero-order chi connectivity index (χ0) is 23.0. The fourth-order valence-corrected chi connectivity index (χ4v) is 4.93. The zero-order valence-corrected chi connectivity index (χ0v) is 18.5. The van der Waals surface area contributed by atoms with Gasteiger partial charge in [0.1, 0.15) is 5.82 Å². The summed E-state index contributed by atoms with van der Waals surface area (Å²) in [5, 5.41) is 5.13. The molecule has 1 aliphatic rings. The van der Waals surface area contributed by atoms with Crippen molar-refractivity contribution in [1.82, 2.24) is 14.9 Å². The molecule has 2 aromatic rings. The van der Waals surface area contributed by atoms with Crippen LogP contribution in [0.25, 0.3) is 0 Å². The van der Waals surface area contributed by atoms with E-state index in [-0.39, 0.29) is 56.0 Å². The monoisotopic (exact) mass is 462 g/mol. The van der Waals surface area contributed by atoms with Gasteiger partial charge in [-0.15, -0.1) is 0 Å². The first-order valence-corrected chi connectivity index (χ1v) is 12.0. The van der Waals surface area contributed by atoms with Gasteiger partial charge < -0.3 is 15.5 Å². The number of rotatable bonds is 9. The van der Waals surface area contributed by atoms with Crippen LogP contribution in [-0.2, 0) is 14.8 Å². The van der Waals surface area contributed by atoms with Gasteiger partial charge in [0.05, 0.1) is 18.0 Å². The molecule has 1 heterocycles. The van der Waals surface area contributed by atoms with Gasteiger partial charge in [0.25, 0.3) is 5.91 Å². The predicted octanol–water partition coefficient (Wildman–Crippen LogP) is 1.21. The number of carbonyl (C=O) groups is 2. The van der Waals surface area contributed by atoms with Crippen molar-refractivity contribution in [2.45, 2.75) is 6.42 Å². The highest BCUT2D eigenvalue weighted by Crippen LogP contribution is 2.21. The molecule has 0 atom stereocenters. The van der Waals surface area contributed by atoms with Crippen molar-refractivity contribution in [3.8, 4) is 0 Å². The van der Waals surface area contributed by atoms with Crippen molar-refractivity contribution in [3.63, 3.8) is 0 Å². The second-order valence-corrected chi connectivity index (χ2v) is 9.49. The molecule has 2 aromatic carbocycles. The Morgan fingerprint density at radius 3 is 2.25 bits per heavy atom. The number of sulfonamides is 1. The third-order valence-corrected chi connectivity index (χ3v) is 7.13. The lowest BCUT2D eigenvalue weighted by Gasteiger charge is -2.35. The van der Waals surface area contributed by atoms with Crippen LogP contribution in [0.15, 0.2) is 54.6 Å². The SMILES string of the molecule is O=C(CNC(=O)c1ccccc1)NCCCS(=O)(=O)N1CCN(c2ccccc2F)CC1. The van der Waals surface area contributed by atoms with Gasteiger partial charge in [-0.1, -0.05) is 30.3 Å². The number of nitrogens with one attached hydrogen (secondary N) is 2. The minimum Gasteiger partial charge on any atom is -0.367 e. The first kappa shape index (κ1) is 23.7. The number of para-hydroxylation sites is 1. The first-order chi connectivity index (χ1) is 15.4. The summed E-state index contributed by atoms with van der Waals surface area (Å²) in [6.45, 7) is 1.41. The average molecular weight is 463 g/mol. The Labute approximate surface area is 187 Å². The lowest BCUT2D eigenvalue weighted by Crippen LogP contribution is -2.49. The Balaban J connectivity index is 1.35. The fraction of sp³-hybridized carbons (Fsp3) is 0.364. The summed E-state index contributed by atoms with van der Waals surface area (Å²) in [7, 11) is -3.47. The van der Waals surface area contributed by atoms with Gasteiger partial charge in [-0.25, -0.2) is 12.8 Å². The van der Waals surface area contributed by atoms with Gasteiger partial charge >= 0.3 is 0 Å². The van der Waals surface area contributed by atoms with Crippen LogP contribution in [0.5, 0.6) is 0 Å². The van der Waals surface area contributed by atoms with E-state index in [4.69, 9.17) is 0 Å². The summed E-state index contributed by atoms with van der Waals surface area (Å²) in [6.07, 6.45) is 0.258. The van der Waals surface area contributed by atoms with Crippen LogP contribution in [0.4, 0.5) is 10.1 Å². The summed E-state index contributed by atoms with van der Waals surface area (Å²) >= 11 is 0. The van der Waals surface area contributed by atoms with Gasteiger partial charge in [-0.2, -0.15) is 4.31 Å². The van der Waals surface area contributed by atoms with E-state index in [1.807, 2.05) is 4.90 Å². The Bertz CT molecular complexity index is 1030. The summed E-state index contributed by atoms with van der Waals surface area (Å²) in [5.41, 5.74) is 0.938. The van der Waals surface area contributed by atoms with Crippen LogP contribution in [0.2, 0.25) is 0 Å². The summed E-state index contributed by atoms with van der Waals surface area (Å²) < 4.78 is 40.5. The second-order valence-electron chi connectivity index (χ2n) is 7.41. The number of halogens is 1. The van der Waals surface area contributed by atoms with Crippen molar-refractivity contribution in [3.05, 3.63) is 66.0 Å². The van der Waals surface area contributed by atoms with Crippen LogP contribution < -0.4 is 15.5 Å². The minimum atomic E-state index is -3.47. The molecule has 2 amide bonds. The number of nitrogens with zero attached hydrogens (tertiary/aromatic N) is 2. The maximum atomic E-state index is 13.9. The summed E-state index contributed by atoms with van der Waals surface area (Å²) in [5.74, 6) is -1.15. The molecule has 2 N–H and O–H groups in total. The predicted molar refractivity (Wildman–Crippen MR) is 120 cm³/mol. The quantitative estimate of drug-likeness (QED) is 0.546. The normalized spacial score (nSPS) is 14.7. The molecule has 1 aliphatic heterocycles. The van der Waals surface area contributed by atoms with Crippen LogP contribution in [0, 0.1) is 5.82 Å². The van der Waals surface area contributed by atoms with Gasteiger partial charge in [0.2, 0.25) is 15.9 Å². The molecule has 1 saturated heterocycles. The smallest absolute Gasteiger partial charge is 0.251 e. The molecule has 1 fully saturated rings. The van der Waals surface area contributed by atoms with Crippen LogP contribution in [0.1, 0.15) is 16.8 Å². The molecule has 0 bridgehead atoms. The first-order valence-electron chi connectivity index (χ1n) is 10.4. The molecule has 0 aliphatic carbocycles. The fourth-order valence-electron chi connectivity index (χ4n) is 3.44. The largest absolute Gasteiger partial charge is 0.367 e. The highest BCUT2D eigenvalue weighted by Gasteiger charge is 2.27. The van der Waals surface area contributed by atoms with E-state index >= 15 is 0 Å². The summed E-state index contributed by atoms with van der Waals surface area (Å²) in [4.78, 5) is 25.6. The number of amides is 2. The van der Waals surface area contributed by atoms with E-state index in [0.717, 1.165) is 0 Å². The van der Waals surface area contributed by atoms with E-state index in [1.54, 1.807) is 48.5 Å². The zero-order valence-electron chi connectivity index (χ0n) is 17.7. The maximum Gasteiger partial charge on any atom is 0.251 e. The molecule has 0 saturated carbocycles. The van der Waals surface area contributed by atoms with Gasteiger partial charge in [-0.3, -0.25) is 9.59 Å². The lowest BCUT2D eigenvalue weighted by molar-refractivity contribution is -0.120. The number of hydrogen-bond donors (Lipinski definition) is 2. The van der Waals surface area contributed by atoms with Gasteiger partial charge in [0.15, 0.2) is 0 Å².